The van der Waals surface area contributed by atoms with Gasteiger partial charge in [0.2, 0.25) is 0 Å². The molecule has 0 aliphatic heterocycles. The van der Waals surface area contributed by atoms with Crippen LogP contribution in [0.4, 0.5) is 5.00 Å². The molecule has 3 aromatic rings. The van der Waals surface area contributed by atoms with Gasteiger partial charge in [0.25, 0.3) is 0 Å². The van der Waals surface area contributed by atoms with E-state index in [1.165, 1.54) is 11.3 Å². The van der Waals surface area contributed by atoms with Crippen molar-refractivity contribution in [2.45, 2.75) is 0 Å². The molecule has 0 N–H and O–H groups in total. The first-order valence-corrected chi connectivity index (χ1v) is 5.63. The van der Waals surface area contributed by atoms with Crippen LogP contribution < -0.4 is 0 Å². The van der Waals surface area contributed by atoms with Crippen molar-refractivity contribution in [3.05, 3.63) is 52.6 Å². The molecule has 0 fully saturated rings. The number of nitrogens with zero attached hydrogens (tertiary/aromatic N) is 1. The molecule has 0 radical (unpaired) electrons. The van der Waals surface area contributed by atoms with Crippen molar-refractivity contribution in [2.75, 3.05) is 0 Å². The van der Waals surface area contributed by atoms with Crippen LogP contribution in [0.15, 0.2) is 42.5 Å². The topological polar surface area (TPSA) is 43.1 Å². The zero-order valence-corrected chi connectivity index (χ0v) is 9.03. The van der Waals surface area contributed by atoms with Crippen LogP contribution in [0.1, 0.15) is 0 Å². The zero-order chi connectivity index (χ0) is 11.1. The summed E-state index contributed by atoms with van der Waals surface area (Å²) in [6, 6.07) is 13.5. The van der Waals surface area contributed by atoms with Gasteiger partial charge in [-0.25, -0.2) is 0 Å². The molecule has 0 saturated heterocycles. The van der Waals surface area contributed by atoms with Gasteiger partial charge >= 0.3 is 5.00 Å². The smallest absolute Gasteiger partial charge is 0.258 e. The Morgan fingerprint density at radius 2 is 1.81 bits per heavy atom. The van der Waals surface area contributed by atoms with E-state index in [0.717, 1.165) is 20.9 Å². The normalized spacial score (nSPS) is 11.0. The molecule has 3 nitrogen and oxygen atoms in total. The molecule has 78 valence electrons. The molecule has 4 heteroatoms. The summed E-state index contributed by atoms with van der Waals surface area (Å²) in [4.78, 5) is 10.4. The highest BCUT2D eigenvalue weighted by molar-refractivity contribution is 7.23. The number of thiophene rings is 1. The molecule has 0 spiro atoms. The van der Waals surface area contributed by atoms with Crippen LogP contribution in [0.2, 0.25) is 0 Å². The van der Waals surface area contributed by atoms with Crippen molar-refractivity contribution in [2.24, 2.45) is 0 Å². The molecular formula is C12H7NO2S. The van der Waals surface area contributed by atoms with Crippen LogP contribution in [-0.4, -0.2) is 4.92 Å². The summed E-state index contributed by atoms with van der Waals surface area (Å²) in [5, 5.41) is 14.1. The van der Waals surface area contributed by atoms with E-state index >= 15 is 0 Å². The summed E-state index contributed by atoms with van der Waals surface area (Å²) in [7, 11) is 0. The second kappa shape index (κ2) is 3.28. The van der Waals surface area contributed by atoms with Gasteiger partial charge in [-0.15, -0.1) is 0 Å². The Labute approximate surface area is 95.1 Å². The fourth-order valence-electron chi connectivity index (χ4n) is 1.84. The first-order chi connectivity index (χ1) is 7.75. The van der Waals surface area contributed by atoms with Gasteiger partial charge in [0.1, 0.15) is 0 Å². The van der Waals surface area contributed by atoms with Gasteiger partial charge in [-0.2, -0.15) is 0 Å². The lowest BCUT2D eigenvalue weighted by molar-refractivity contribution is -0.380. The predicted octanol–water partition coefficient (Wildman–Crippen LogP) is 3.96. The Bertz CT molecular complexity index is 702. The first-order valence-electron chi connectivity index (χ1n) is 4.81. The van der Waals surface area contributed by atoms with E-state index in [-0.39, 0.29) is 9.92 Å². The third-order valence-electron chi connectivity index (χ3n) is 2.58. The van der Waals surface area contributed by atoms with Gasteiger partial charge in [-0.1, -0.05) is 47.7 Å². The van der Waals surface area contributed by atoms with Crippen LogP contribution in [0.3, 0.4) is 0 Å². The Kier molecular flexibility index (Phi) is 1.91. The van der Waals surface area contributed by atoms with Gasteiger partial charge in [0.15, 0.2) is 0 Å². The largest absolute Gasteiger partial charge is 0.325 e. The molecule has 0 aliphatic carbocycles. The van der Waals surface area contributed by atoms with Crippen LogP contribution in [0, 0.1) is 10.1 Å². The molecule has 16 heavy (non-hydrogen) atoms. The Morgan fingerprint density at radius 1 is 1.06 bits per heavy atom. The Balaban J connectivity index is 2.46. The van der Waals surface area contributed by atoms with Crippen LogP contribution >= 0.6 is 11.3 Å². The number of hydrogen-bond acceptors (Lipinski definition) is 3. The first kappa shape index (κ1) is 9.30. The van der Waals surface area contributed by atoms with Gasteiger partial charge in [0.05, 0.1) is 4.92 Å². The van der Waals surface area contributed by atoms with Crippen molar-refractivity contribution in [3.63, 3.8) is 0 Å². The third-order valence-corrected chi connectivity index (χ3v) is 3.71. The summed E-state index contributed by atoms with van der Waals surface area (Å²) in [5.41, 5.74) is 0. The monoisotopic (exact) mass is 229 g/mol. The van der Waals surface area contributed by atoms with Crippen molar-refractivity contribution >= 4 is 37.2 Å². The van der Waals surface area contributed by atoms with Crippen molar-refractivity contribution in [3.8, 4) is 0 Å². The number of rotatable bonds is 1. The zero-order valence-electron chi connectivity index (χ0n) is 8.21. The number of hydrogen-bond donors (Lipinski definition) is 0. The highest BCUT2D eigenvalue weighted by Gasteiger charge is 2.12. The van der Waals surface area contributed by atoms with E-state index < -0.39 is 0 Å². The SMILES string of the molecule is O=[N+]([O-])c1cc2ccc3ccccc3c2s1. The highest BCUT2D eigenvalue weighted by atomic mass is 32.1. The molecule has 0 aliphatic rings. The van der Waals surface area contributed by atoms with E-state index in [2.05, 4.69) is 0 Å². The van der Waals surface area contributed by atoms with E-state index in [9.17, 15) is 10.1 Å². The van der Waals surface area contributed by atoms with Crippen molar-refractivity contribution in [1.82, 2.24) is 0 Å². The fraction of sp³-hybridized carbons (Fsp3) is 0. The van der Waals surface area contributed by atoms with E-state index in [1.807, 2.05) is 36.4 Å². The van der Waals surface area contributed by atoms with Crippen LogP contribution in [0.5, 0.6) is 0 Å². The summed E-state index contributed by atoms with van der Waals surface area (Å²) >= 11 is 1.24. The minimum absolute atomic E-state index is 0.200. The maximum Gasteiger partial charge on any atom is 0.325 e. The molecule has 1 aromatic heterocycles. The molecule has 0 bridgehead atoms. The lowest BCUT2D eigenvalue weighted by atomic mass is 10.1. The predicted molar refractivity (Wildman–Crippen MR) is 66.0 cm³/mol. The second-order valence-electron chi connectivity index (χ2n) is 3.55. The molecule has 0 saturated carbocycles. The second-order valence-corrected chi connectivity index (χ2v) is 4.58. The van der Waals surface area contributed by atoms with E-state index in [1.54, 1.807) is 6.07 Å². The molecule has 1 heterocycles. The molecule has 2 aromatic carbocycles. The van der Waals surface area contributed by atoms with Gasteiger partial charge < -0.3 is 0 Å². The van der Waals surface area contributed by atoms with Crippen LogP contribution in [-0.2, 0) is 0 Å². The summed E-state index contributed by atoms with van der Waals surface area (Å²) in [6.45, 7) is 0. The van der Waals surface area contributed by atoms with E-state index in [0.29, 0.717) is 0 Å². The standard InChI is InChI=1S/C12H7NO2S/c14-13(15)11-7-9-6-5-8-3-1-2-4-10(8)12(9)16-11/h1-7H. The molecule has 3 rings (SSSR count). The van der Waals surface area contributed by atoms with Gasteiger partial charge in [-0.3, -0.25) is 10.1 Å². The van der Waals surface area contributed by atoms with Gasteiger partial charge in [0, 0.05) is 16.2 Å². The summed E-state index contributed by atoms with van der Waals surface area (Å²) in [5.74, 6) is 0. The van der Waals surface area contributed by atoms with Crippen molar-refractivity contribution in [1.29, 1.82) is 0 Å². The minimum atomic E-state index is -0.334. The molecule has 0 atom stereocenters. The number of fused-ring (bicyclic) bond motifs is 3. The maximum absolute atomic E-state index is 10.7. The number of nitro groups is 1. The van der Waals surface area contributed by atoms with E-state index in [4.69, 9.17) is 0 Å². The molecular weight excluding hydrogens is 222 g/mol. The Hall–Kier alpha value is -1.94. The van der Waals surface area contributed by atoms with Crippen molar-refractivity contribution < 1.29 is 4.92 Å². The summed E-state index contributed by atoms with van der Waals surface area (Å²) < 4.78 is 0.991. The maximum atomic E-state index is 10.7. The minimum Gasteiger partial charge on any atom is -0.258 e. The van der Waals surface area contributed by atoms with Crippen LogP contribution in [0.25, 0.3) is 20.9 Å². The Morgan fingerprint density at radius 3 is 2.62 bits per heavy atom. The lowest BCUT2D eigenvalue weighted by Gasteiger charge is -1.96. The summed E-state index contributed by atoms with van der Waals surface area (Å²) in [6.07, 6.45) is 0. The quantitative estimate of drug-likeness (QED) is 0.468. The fourth-order valence-corrected chi connectivity index (χ4v) is 2.85. The molecule has 0 unspecified atom stereocenters. The number of benzene rings is 2. The average Bonchev–Trinajstić information content (AvgIpc) is 2.73. The highest BCUT2D eigenvalue weighted by Crippen LogP contribution is 2.36. The molecule has 0 amide bonds. The van der Waals surface area contributed by atoms with Gasteiger partial charge in [-0.05, 0) is 10.8 Å². The third kappa shape index (κ3) is 1.27. The average molecular weight is 229 g/mol. The lowest BCUT2D eigenvalue weighted by Crippen LogP contribution is -1.80.